The Kier molecular flexibility index (Phi) is 2.71. The first-order valence-corrected chi connectivity index (χ1v) is 6.26. The zero-order valence-electron chi connectivity index (χ0n) is 6.65. The van der Waals surface area contributed by atoms with Gasteiger partial charge in [0.1, 0.15) is 0 Å². The van der Waals surface area contributed by atoms with Crippen molar-refractivity contribution >= 4 is 39.0 Å². The van der Waals surface area contributed by atoms with Crippen molar-refractivity contribution in [2.75, 3.05) is 6.26 Å². The predicted molar refractivity (Wildman–Crippen MR) is 57.1 cm³/mol. The zero-order chi connectivity index (χ0) is 9.26. The standard InChI is InChI=1S/C7H5BrN2OS2/c1-12-7-9-6(11-10-7)4-2-3-5(8)13-4/h2-3H,1H3. The second kappa shape index (κ2) is 3.81. The van der Waals surface area contributed by atoms with Crippen LogP contribution < -0.4 is 0 Å². The van der Waals surface area contributed by atoms with Crippen LogP contribution in [0.3, 0.4) is 0 Å². The molecule has 0 amide bonds. The lowest BCUT2D eigenvalue weighted by Crippen LogP contribution is -1.71. The van der Waals surface area contributed by atoms with E-state index < -0.39 is 0 Å². The third kappa shape index (κ3) is 1.95. The Morgan fingerprint density at radius 2 is 2.38 bits per heavy atom. The van der Waals surface area contributed by atoms with Gasteiger partial charge in [-0.1, -0.05) is 11.8 Å². The molecule has 0 atom stereocenters. The van der Waals surface area contributed by atoms with Crippen molar-refractivity contribution in [3.8, 4) is 10.8 Å². The van der Waals surface area contributed by atoms with Crippen LogP contribution in [0.2, 0.25) is 0 Å². The molecule has 0 spiro atoms. The molecule has 68 valence electrons. The molecule has 2 aromatic heterocycles. The first-order chi connectivity index (χ1) is 6.29. The van der Waals surface area contributed by atoms with Gasteiger partial charge in [0, 0.05) is 0 Å². The van der Waals surface area contributed by atoms with Gasteiger partial charge < -0.3 is 4.52 Å². The average molecular weight is 277 g/mol. The van der Waals surface area contributed by atoms with Gasteiger partial charge in [0.2, 0.25) is 5.16 Å². The van der Waals surface area contributed by atoms with Gasteiger partial charge in [-0.2, -0.15) is 4.98 Å². The van der Waals surface area contributed by atoms with E-state index in [1.54, 1.807) is 11.3 Å². The highest BCUT2D eigenvalue weighted by Gasteiger charge is 2.09. The van der Waals surface area contributed by atoms with Gasteiger partial charge in [0.05, 0.1) is 8.66 Å². The number of thioether (sulfide) groups is 1. The molecule has 6 heteroatoms. The molecule has 0 N–H and O–H groups in total. The third-order valence-corrected chi connectivity index (χ3v) is 3.52. The quantitative estimate of drug-likeness (QED) is 0.790. The van der Waals surface area contributed by atoms with Crippen LogP contribution in [0.4, 0.5) is 0 Å². The van der Waals surface area contributed by atoms with Crippen LogP contribution in [-0.4, -0.2) is 16.4 Å². The molecule has 13 heavy (non-hydrogen) atoms. The Labute approximate surface area is 91.7 Å². The number of thiophene rings is 1. The maximum atomic E-state index is 5.06. The minimum atomic E-state index is 0.583. The van der Waals surface area contributed by atoms with Crippen molar-refractivity contribution in [3.05, 3.63) is 15.9 Å². The first-order valence-electron chi connectivity index (χ1n) is 3.43. The van der Waals surface area contributed by atoms with E-state index in [1.165, 1.54) is 11.8 Å². The molecule has 0 aliphatic heterocycles. The lowest BCUT2D eigenvalue weighted by Gasteiger charge is -1.82. The molecule has 0 radical (unpaired) electrons. The van der Waals surface area contributed by atoms with Crippen molar-refractivity contribution in [1.29, 1.82) is 0 Å². The van der Waals surface area contributed by atoms with Crippen LogP contribution in [0, 0.1) is 0 Å². The Balaban J connectivity index is 2.35. The highest BCUT2D eigenvalue weighted by molar-refractivity contribution is 9.11. The second-order valence-corrected chi connectivity index (χ2v) is 5.43. The summed E-state index contributed by atoms with van der Waals surface area (Å²) in [4.78, 5) is 5.17. The van der Waals surface area contributed by atoms with E-state index in [9.17, 15) is 0 Å². The normalized spacial score (nSPS) is 10.6. The van der Waals surface area contributed by atoms with E-state index in [2.05, 4.69) is 26.1 Å². The smallest absolute Gasteiger partial charge is 0.268 e. The number of rotatable bonds is 2. The topological polar surface area (TPSA) is 38.9 Å². The molecule has 2 aromatic rings. The second-order valence-electron chi connectivity index (χ2n) is 2.19. The Morgan fingerprint density at radius 3 is 2.92 bits per heavy atom. The molecule has 0 aliphatic rings. The van der Waals surface area contributed by atoms with Gasteiger partial charge in [0.15, 0.2) is 0 Å². The largest absolute Gasteiger partial charge is 0.332 e. The summed E-state index contributed by atoms with van der Waals surface area (Å²) in [5.74, 6) is 0.583. The summed E-state index contributed by atoms with van der Waals surface area (Å²) in [5.41, 5.74) is 0. The van der Waals surface area contributed by atoms with Crippen LogP contribution in [0.1, 0.15) is 0 Å². The van der Waals surface area contributed by atoms with Crippen molar-refractivity contribution in [2.45, 2.75) is 5.16 Å². The highest BCUT2D eigenvalue weighted by Crippen LogP contribution is 2.30. The van der Waals surface area contributed by atoms with Crippen LogP contribution >= 0.6 is 39.0 Å². The fourth-order valence-corrected chi connectivity index (χ4v) is 2.42. The monoisotopic (exact) mass is 276 g/mol. The summed E-state index contributed by atoms with van der Waals surface area (Å²) in [5, 5.41) is 4.45. The Morgan fingerprint density at radius 1 is 1.54 bits per heavy atom. The van der Waals surface area contributed by atoms with Crippen molar-refractivity contribution in [3.63, 3.8) is 0 Å². The number of nitrogens with zero attached hydrogens (tertiary/aromatic N) is 2. The molecule has 2 heterocycles. The highest BCUT2D eigenvalue weighted by atomic mass is 79.9. The molecule has 3 nitrogen and oxygen atoms in total. The van der Waals surface area contributed by atoms with Gasteiger partial charge in [-0.25, -0.2) is 0 Å². The molecular weight excluding hydrogens is 272 g/mol. The van der Waals surface area contributed by atoms with E-state index in [1.807, 2.05) is 18.4 Å². The summed E-state index contributed by atoms with van der Waals surface area (Å²) in [6, 6.07) is 3.91. The molecule has 0 unspecified atom stereocenters. The number of halogens is 1. The number of aromatic nitrogens is 2. The minimum absolute atomic E-state index is 0.583. The molecule has 0 aromatic carbocycles. The average Bonchev–Trinajstić information content (AvgIpc) is 2.71. The molecule has 0 saturated carbocycles. The lowest BCUT2D eigenvalue weighted by atomic mass is 10.5. The molecular formula is C7H5BrN2OS2. The van der Waals surface area contributed by atoms with Crippen molar-refractivity contribution in [1.82, 2.24) is 10.1 Å². The third-order valence-electron chi connectivity index (χ3n) is 1.37. The minimum Gasteiger partial charge on any atom is -0.332 e. The summed E-state index contributed by atoms with van der Waals surface area (Å²) < 4.78 is 6.12. The van der Waals surface area contributed by atoms with Crippen LogP contribution in [0.25, 0.3) is 10.8 Å². The fourth-order valence-electron chi connectivity index (χ4n) is 0.822. The van der Waals surface area contributed by atoms with Crippen molar-refractivity contribution < 1.29 is 4.52 Å². The van der Waals surface area contributed by atoms with Gasteiger partial charge in [0.25, 0.3) is 5.89 Å². The SMILES string of the molecule is CSc1noc(-c2ccc(Br)s2)n1. The van der Waals surface area contributed by atoms with Gasteiger partial charge in [-0.3, -0.25) is 0 Å². The van der Waals surface area contributed by atoms with E-state index in [0.29, 0.717) is 11.0 Å². The van der Waals surface area contributed by atoms with Gasteiger partial charge in [-0.05, 0) is 39.5 Å². The molecule has 0 bridgehead atoms. The fraction of sp³-hybridized carbons (Fsp3) is 0.143. The maximum absolute atomic E-state index is 5.06. The van der Waals surface area contributed by atoms with E-state index in [-0.39, 0.29) is 0 Å². The van der Waals surface area contributed by atoms with Gasteiger partial charge in [-0.15, -0.1) is 11.3 Å². The summed E-state index contributed by atoms with van der Waals surface area (Å²) in [6.45, 7) is 0. The Bertz CT molecular complexity index is 412. The molecule has 0 saturated heterocycles. The van der Waals surface area contributed by atoms with Crippen LogP contribution in [-0.2, 0) is 0 Å². The molecule has 0 aliphatic carbocycles. The molecule has 0 fully saturated rings. The van der Waals surface area contributed by atoms with E-state index in [4.69, 9.17) is 4.52 Å². The van der Waals surface area contributed by atoms with E-state index in [0.717, 1.165) is 8.66 Å². The Hall–Kier alpha value is -0.330. The zero-order valence-corrected chi connectivity index (χ0v) is 9.87. The number of hydrogen-bond acceptors (Lipinski definition) is 5. The van der Waals surface area contributed by atoms with Crippen molar-refractivity contribution in [2.24, 2.45) is 0 Å². The summed E-state index contributed by atoms with van der Waals surface area (Å²) in [6.07, 6.45) is 1.92. The predicted octanol–water partition coefficient (Wildman–Crippen LogP) is 3.28. The number of hydrogen-bond donors (Lipinski definition) is 0. The van der Waals surface area contributed by atoms with Gasteiger partial charge >= 0.3 is 0 Å². The maximum Gasteiger partial charge on any atom is 0.268 e. The van der Waals surface area contributed by atoms with E-state index >= 15 is 0 Å². The summed E-state index contributed by atoms with van der Waals surface area (Å²) >= 11 is 6.42. The first kappa shape index (κ1) is 9.23. The molecule has 2 rings (SSSR count). The lowest BCUT2D eigenvalue weighted by molar-refractivity contribution is 0.416. The van der Waals surface area contributed by atoms with Crippen LogP contribution in [0.5, 0.6) is 0 Å². The summed E-state index contributed by atoms with van der Waals surface area (Å²) in [7, 11) is 0. The van der Waals surface area contributed by atoms with Crippen LogP contribution in [0.15, 0.2) is 25.6 Å².